The number of benzene rings is 4. The van der Waals surface area contributed by atoms with Gasteiger partial charge < -0.3 is 19.6 Å². The highest BCUT2D eigenvalue weighted by atomic mass is 15.5. The summed E-state index contributed by atoms with van der Waals surface area (Å²) < 4.78 is 0. The van der Waals surface area contributed by atoms with Gasteiger partial charge in [-0.15, -0.1) is 0 Å². The quantitative estimate of drug-likeness (QED) is 0.311. The lowest BCUT2D eigenvalue weighted by Crippen LogP contribution is -2.49. The van der Waals surface area contributed by atoms with Crippen molar-refractivity contribution < 1.29 is 0 Å². The largest absolute Gasteiger partial charge is 0.331 e. The summed E-state index contributed by atoms with van der Waals surface area (Å²) in [6.45, 7) is 9.84. The van der Waals surface area contributed by atoms with Gasteiger partial charge in [0.05, 0.1) is 29.4 Å². The van der Waals surface area contributed by atoms with Gasteiger partial charge in [-0.2, -0.15) is 0 Å². The Bertz CT molecular complexity index is 1270. The Balaban J connectivity index is 1.40. The monoisotopic (exact) mass is 460 g/mol. The minimum absolute atomic E-state index is 0.195. The molecule has 176 valence electrons. The van der Waals surface area contributed by atoms with E-state index in [0.717, 1.165) is 6.67 Å². The molecule has 35 heavy (non-hydrogen) atoms. The molecule has 0 unspecified atom stereocenters. The number of nitrogens with zero attached hydrogens (tertiary/aromatic N) is 4. The number of fused-ring (bicyclic) bond motifs is 2. The van der Waals surface area contributed by atoms with Gasteiger partial charge in [-0.05, 0) is 75.2 Å². The van der Waals surface area contributed by atoms with Crippen molar-refractivity contribution in [2.75, 3.05) is 26.3 Å². The van der Waals surface area contributed by atoms with Gasteiger partial charge >= 0.3 is 0 Å². The zero-order chi connectivity index (χ0) is 24.1. The summed E-state index contributed by atoms with van der Waals surface area (Å²) in [5, 5.41) is 0. The van der Waals surface area contributed by atoms with E-state index in [0.29, 0.717) is 0 Å². The summed E-state index contributed by atoms with van der Waals surface area (Å²) in [6.07, 6.45) is 0.390. The van der Waals surface area contributed by atoms with E-state index in [1.54, 1.807) is 0 Å². The van der Waals surface area contributed by atoms with Crippen molar-refractivity contribution >= 4 is 34.1 Å². The van der Waals surface area contributed by atoms with Crippen LogP contribution in [-0.2, 0) is 0 Å². The average Bonchev–Trinajstić information content (AvgIpc) is 3.31. The molecule has 6 rings (SSSR count). The van der Waals surface area contributed by atoms with Crippen LogP contribution in [0.15, 0.2) is 97.1 Å². The van der Waals surface area contributed by atoms with E-state index < -0.39 is 0 Å². The predicted molar refractivity (Wildman–Crippen MR) is 148 cm³/mol. The van der Waals surface area contributed by atoms with Gasteiger partial charge in [-0.25, -0.2) is 0 Å². The zero-order valence-electron chi connectivity index (χ0n) is 20.9. The van der Waals surface area contributed by atoms with Crippen LogP contribution >= 0.6 is 0 Å². The molecular weight excluding hydrogens is 428 g/mol. The Hall–Kier alpha value is -3.92. The Morgan fingerprint density at radius 1 is 0.457 bits per heavy atom. The zero-order valence-corrected chi connectivity index (χ0v) is 20.9. The normalized spacial score (nSPS) is 18.7. The molecule has 4 aromatic carbocycles. The fourth-order valence-corrected chi connectivity index (χ4v) is 5.79. The van der Waals surface area contributed by atoms with Gasteiger partial charge in [0.1, 0.15) is 12.3 Å². The second kappa shape index (κ2) is 8.38. The van der Waals surface area contributed by atoms with Crippen molar-refractivity contribution in [3.8, 4) is 0 Å². The van der Waals surface area contributed by atoms with Crippen LogP contribution in [0, 0.1) is 13.8 Å². The maximum atomic E-state index is 2.54. The third kappa shape index (κ3) is 3.35. The van der Waals surface area contributed by atoms with Crippen molar-refractivity contribution in [3.63, 3.8) is 0 Å². The Kier molecular flexibility index (Phi) is 5.18. The first kappa shape index (κ1) is 21.6. The first-order valence-electron chi connectivity index (χ1n) is 12.5. The van der Waals surface area contributed by atoms with E-state index in [2.05, 4.69) is 144 Å². The topological polar surface area (TPSA) is 13.0 Å². The van der Waals surface area contributed by atoms with Crippen molar-refractivity contribution in [2.45, 2.75) is 40.0 Å². The summed E-state index contributed by atoms with van der Waals surface area (Å²) >= 11 is 0. The van der Waals surface area contributed by atoms with Gasteiger partial charge in [0.2, 0.25) is 0 Å². The first-order chi connectivity index (χ1) is 17.1. The van der Waals surface area contributed by atoms with Crippen LogP contribution in [0.25, 0.3) is 0 Å². The van der Waals surface area contributed by atoms with E-state index in [-0.39, 0.29) is 12.3 Å². The number of anilines is 6. The molecule has 2 atom stereocenters. The standard InChI is InChI=1S/C31H32N4/c1-22-13-5-7-15-26(22)34-24(3)32(28-17-9-11-19-30(28)34)21-33-25(4)35(27-16-8-6-14-23(27)2)31-20-12-10-18-29(31)33/h5-20,24-25H,21H2,1-4H3/t24-,25+. The van der Waals surface area contributed by atoms with E-state index in [9.17, 15) is 0 Å². The molecule has 0 saturated carbocycles. The highest BCUT2D eigenvalue weighted by Gasteiger charge is 2.39. The molecule has 0 aliphatic carbocycles. The van der Waals surface area contributed by atoms with E-state index >= 15 is 0 Å². The lowest BCUT2D eigenvalue weighted by atomic mass is 10.1. The highest BCUT2D eigenvalue weighted by Crippen LogP contribution is 2.48. The van der Waals surface area contributed by atoms with E-state index in [4.69, 9.17) is 0 Å². The fraction of sp³-hybridized carbons (Fsp3) is 0.226. The lowest BCUT2D eigenvalue weighted by Gasteiger charge is -2.37. The van der Waals surface area contributed by atoms with Crippen molar-refractivity contribution in [3.05, 3.63) is 108 Å². The minimum Gasteiger partial charge on any atom is -0.331 e. The van der Waals surface area contributed by atoms with E-state index in [1.807, 2.05) is 0 Å². The molecule has 4 aromatic rings. The molecule has 2 heterocycles. The summed E-state index contributed by atoms with van der Waals surface area (Å²) in [6, 6.07) is 35.0. The molecule has 0 amide bonds. The third-order valence-electron chi connectivity index (χ3n) is 7.61. The minimum atomic E-state index is 0.195. The highest BCUT2D eigenvalue weighted by molar-refractivity contribution is 5.87. The number of hydrogen-bond donors (Lipinski definition) is 0. The fourth-order valence-electron chi connectivity index (χ4n) is 5.79. The second-order valence-electron chi connectivity index (χ2n) is 9.64. The van der Waals surface area contributed by atoms with Crippen LogP contribution in [0.4, 0.5) is 34.1 Å². The molecule has 0 radical (unpaired) electrons. The van der Waals surface area contributed by atoms with Gasteiger partial charge in [0.15, 0.2) is 0 Å². The molecule has 4 heteroatoms. The molecule has 0 fully saturated rings. The summed E-state index contributed by atoms with van der Waals surface area (Å²) in [7, 11) is 0. The molecule has 0 saturated heterocycles. The van der Waals surface area contributed by atoms with Crippen molar-refractivity contribution in [1.29, 1.82) is 0 Å². The summed E-state index contributed by atoms with van der Waals surface area (Å²) in [4.78, 5) is 10.0. The van der Waals surface area contributed by atoms with Crippen molar-refractivity contribution in [2.24, 2.45) is 0 Å². The predicted octanol–water partition coefficient (Wildman–Crippen LogP) is 7.57. The first-order valence-corrected chi connectivity index (χ1v) is 12.5. The van der Waals surface area contributed by atoms with Gasteiger partial charge in [-0.3, -0.25) is 0 Å². The Morgan fingerprint density at radius 3 is 1.14 bits per heavy atom. The molecule has 2 aliphatic heterocycles. The summed E-state index contributed by atoms with van der Waals surface area (Å²) in [5.74, 6) is 0. The molecular formula is C31H32N4. The number of aryl methyl sites for hydroxylation is 2. The van der Waals surface area contributed by atoms with Crippen LogP contribution in [0.2, 0.25) is 0 Å². The third-order valence-corrected chi connectivity index (χ3v) is 7.61. The number of para-hydroxylation sites is 6. The average molecular weight is 461 g/mol. The molecule has 0 spiro atoms. The maximum Gasteiger partial charge on any atom is 0.105 e. The number of rotatable bonds is 4. The van der Waals surface area contributed by atoms with Crippen LogP contribution < -0.4 is 19.6 Å². The second-order valence-corrected chi connectivity index (χ2v) is 9.64. The SMILES string of the molecule is Cc1ccccc1N1c2ccccc2N(CN2c3ccccc3N(c3ccccc3C)[C@H]2C)[C@H]1C. The van der Waals surface area contributed by atoms with Crippen molar-refractivity contribution in [1.82, 2.24) is 0 Å². The molecule has 0 N–H and O–H groups in total. The van der Waals surface area contributed by atoms with Crippen LogP contribution in [0.1, 0.15) is 25.0 Å². The smallest absolute Gasteiger partial charge is 0.105 e. The van der Waals surface area contributed by atoms with Crippen LogP contribution in [-0.4, -0.2) is 19.0 Å². The Morgan fingerprint density at radius 2 is 0.771 bits per heavy atom. The van der Waals surface area contributed by atoms with Gasteiger partial charge in [0, 0.05) is 11.4 Å². The molecule has 4 nitrogen and oxygen atoms in total. The van der Waals surface area contributed by atoms with Crippen LogP contribution in [0.5, 0.6) is 0 Å². The van der Waals surface area contributed by atoms with Gasteiger partial charge in [-0.1, -0.05) is 60.7 Å². The molecule has 2 aliphatic rings. The molecule has 0 aromatic heterocycles. The Labute approximate surface area is 208 Å². The van der Waals surface area contributed by atoms with E-state index in [1.165, 1.54) is 45.3 Å². The maximum absolute atomic E-state index is 2.54. The lowest BCUT2D eigenvalue weighted by molar-refractivity contribution is 0.607. The number of hydrogen-bond acceptors (Lipinski definition) is 4. The summed E-state index contributed by atoms with van der Waals surface area (Å²) in [5.41, 5.74) is 10.2. The molecule has 0 bridgehead atoms. The van der Waals surface area contributed by atoms with Gasteiger partial charge in [0.25, 0.3) is 0 Å². The van der Waals surface area contributed by atoms with Crippen LogP contribution in [0.3, 0.4) is 0 Å².